The molecule has 0 amide bonds. The number of nitrogens with zero attached hydrogens (tertiary/aromatic N) is 1. The number of hydrogen-bond donors (Lipinski definition) is 2. The molecule has 0 aromatic carbocycles. The molecule has 0 rings (SSSR count). The van der Waals surface area contributed by atoms with E-state index in [1.807, 2.05) is 0 Å². The van der Waals surface area contributed by atoms with Gasteiger partial charge < -0.3 is 15.3 Å². The van der Waals surface area contributed by atoms with E-state index < -0.39 is 0 Å². The predicted molar refractivity (Wildman–Crippen MR) is 70.7 cm³/mol. The van der Waals surface area contributed by atoms with E-state index in [2.05, 4.69) is 51.8 Å². The van der Waals surface area contributed by atoms with Crippen molar-refractivity contribution in [3.05, 3.63) is 0 Å². The van der Waals surface area contributed by atoms with Crippen LogP contribution in [0.4, 0.5) is 0 Å². The number of rotatable bonds is 7. The van der Waals surface area contributed by atoms with Crippen LogP contribution in [0.5, 0.6) is 0 Å². The van der Waals surface area contributed by atoms with Gasteiger partial charge in [-0.25, -0.2) is 0 Å². The van der Waals surface area contributed by atoms with Gasteiger partial charge in [-0.15, -0.1) is 0 Å². The topological polar surface area (TPSA) is 35.5 Å². The predicted octanol–water partition coefficient (Wildman–Crippen LogP) is 1.71. The number of aliphatic hydroxyl groups is 1. The zero-order valence-electron chi connectivity index (χ0n) is 11.9. The van der Waals surface area contributed by atoms with E-state index in [1.54, 1.807) is 0 Å². The second-order valence-electron chi connectivity index (χ2n) is 6.36. The molecule has 0 heterocycles. The van der Waals surface area contributed by atoms with Gasteiger partial charge in [0.2, 0.25) is 0 Å². The second-order valence-corrected chi connectivity index (χ2v) is 6.36. The number of nitrogens with one attached hydrogen (secondary N) is 1. The van der Waals surface area contributed by atoms with E-state index in [9.17, 15) is 0 Å². The summed E-state index contributed by atoms with van der Waals surface area (Å²) in [5.74, 6) is 0. The maximum Gasteiger partial charge on any atom is 0.0558 e. The highest BCUT2D eigenvalue weighted by molar-refractivity contribution is 4.80. The zero-order chi connectivity index (χ0) is 12.8. The molecule has 0 bridgehead atoms. The van der Waals surface area contributed by atoms with Crippen LogP contribution in [-0.2, 0) is 0 Å². The summed E-state index contributed by atoms with van der Waals surface area (Å²) in [6.07, 6.45) is 0. The third-order valence-corrected chi connectivity index (χ3v) is 2.61. The van der Waals surface area contributed by atoms with Gasteiger partial charge in [0.25, 0.3) is 0 Å². The average molecular weight is 230 g/mol. The summed E-state index contributed by atoms with van der Waals surface area (Å²) in [5, 5.41) is 12.5. The summed E-state index contributed by atoms with van der Waals surface area (Å²) in [4.78, 5) is 2.30. The van der Waals surface area contributed by atoms with Crippen molar-refractivity contribution in [1.82, 2.24) is 10.2 Å². The molecule has 2 N–H and O–H groups in total. The van der Waals surface area contributed by atoms with Gasteiger partial charge in [0.05, 0.1) is 6.61 Å². The molecule has 0 radical (unpaired) electrons. The second kappa shape index (κ2) is 6.58. The van der Waals surface area contributed by atoms with Crippen molar-refractivity contribution < 1.29 is 5.11 Å². The number of hydrogen-bond acceptors (Lipinski definition) is 3. The molecule has 0 saturated carbocycles. The molecule has 3 nitrogen and oxygen atoms in total. The first-order valence-electron chi connectivity index (χ1n) is 6.28. The van der Waals surface area contributed by atoms with Crippen molar-refractivity contribution in [2.24, 2.45) is 5.41 Å². The number of aliphatic hydroxyl groups excluding tert-OH is 1. The van der Waals surface area contributed by atoms with Crippen LogP contribution in [0.3, 0.4) is 0 Å². The minimum Gasteiger partial charge on any atom is -0.395 e. The molecule has 16 heavy (non-hydrogen) atoms. The smallest absolute Gasteiger partial charge is 0.0558 e. The van der Waals surface area contributed by atoms with Crippen molar-refractivity contribution >= 4 is 0 Å². The summed E-state index contributed by atoms with van der Waals surface area (Å²) >= 11 is 0. The van der Waals surface area contributed by atoms with Crippen LogP contribution in [0, 0.1) is 5.41 Å². The lowest BCUT2D eigenvalue weighted by molar-refractivity contribution is 0.142. The highest BCUT2D eigenvalue weighted by Crippen LogP contribution is 2.17. The van der Waals surface area contributed by atoms with E-state index in [4.69, 9.17) is 5.11 Å². The normalized spacial score (nSPS) is 13.5. The van der Waals surface area contributed by atoms with Crippen LogP contribution < -0.4 is 5.32 Å². The highest BCUT2D eigenvalue weighted by atomic mass is 16.3. The maximum atomic E-state index is 8.97. The van der Waals surface area contributed by atoms with Crippen LogP contribution in [-0.4, -0.2) is 48.3 Å². The molecule has 0 aliphatic rings. The molecular weight excluding hydrogens is 200 g/mol. The number of likely N-dealkylation sites (N-methyl/N-ethyl adjacent to an activating group) is 1. The molecule has 0 atom stereocenters. The lowest BCUT2D eigenvalue weighted by Crippen LogP contribution is -2.46. The molecule has 98 valence electrons. The van der Waals surface area contributed by atoms with E-state index >= 15 is 0 Å². The van der Waals surface area contributed by atoms with E-state index in [0.29, 0.717) is 0 Å². The summed E-state index contributed by atoms with van der Waals surface area (Å²) < 4.78 is 0. The quantitative estimate of drug-likeness (QED) is 0.699. The summed E-state index contributed by atoms with van der Waals surface area (Å²) in [6, 6.07) is 0. The van der Waals surface area contributed by atoms with E-state index in [1.165, 1.54) is 0 Å². The van der Waals surface area contributed by atoms with Gasteiger partial charge in [-0.2, -0.15) is 0 Å². The van der Waals surface area contributed by atoms with Crippen LogP contribution in [0.1, 0.15) is 41.5 Å². The maximum absolute atomic E-state index is 8.97. The van der Waals surface area contributed by atoms with Gasteiger partial charge in [0.1, 0.15) is 0 Å². The van der Waals surface area contributed by atoms with Crippen LogP contribution in [0.2, 0.25) is 0 Å². The Morgan fingerprint density at radius 2 is 1.69 bits per heavy atom. The average Bonchev–Trinajstić information content (AvgIpc) is 2.13. The molecule has 0 spiro atoms. The van der Waals surface area contributed by atoms with Gasteiger partial charge in [-0.3, -0.25) is 0 Å². The monoisotopic (exact) mass is 230 g/mol. The first-order chi connectivity index (χ1) is 7.20. The molecular formula is C13H30N2O. The lowest BCUT2D eigenvalue weighted by atomic mass is 9.91. The minimum absolute atomic E-state index is 0.172. The van der Waals surface area contributed by atoms with Crippen LogP contribution in [0.25, 0.3) is 0 Å². The Hall–Kier alpha value is -0.120. The Labute approximate surface area is 101 Å². The van der Waals surface area contributed by atoms with Gasteiger partial charge >= 0.3 is 0 Å². The molecule has 0 aliphatic heterocycles. The molecule has 0 aliphatic carbocycles. The molecule has 0 fully saturated rings. The first kappa shape index (κ1) is 15.9. The first-order valence-corrected chi connectivity index (χ1v) is 6.28. The van der Waals surface area contributed by atoms with Crippen molar-refractivity contribution in [3.8, 4) is 0 Å². The molecule has 0 aromatic rings. The van der Waals surface area contributed by atoms with Gasteiger partial charge in [-0.05, 0) is 32.7 Å². The van der Waals surface area contributed by atoms with Crippen molar-refractivity contribution in [2.45, 2.75) is 47.1 Å². The molecule has 0 aromatic heterocycles. The molecule has 0 saturated heterocycles. The van der Waals surface area contributed by atoms with Crippen molar-refractivity contribution in [2.75, 3.05) is 32.8 Å². The Morgan fingerprint density at radius 1 is 1.12 bits per heavy atom. The third kappa shape index (κ3) is 8.08. The Kier molecular flexibility index (Phi) is 6.53. The molecule has 0 unspecified atom stereocenters. The highest BCUT2D eigenvalue weighted by Gasteiger charge is 2.23. The van der Waals surface area contributed by atoms with Crippen molar-refractivity contribution in [3.63, 3.8) is 0 Å². The fraction of sp³-hybridized carbons (Fsp3) is 1.00. The summed E-state index contributed by atoms with van der Waals surface area (Å²) in [5.41, 5.74) is 0.407. The SMILES string of the molecule is CCN(CCO)CC(C)(C)CNC(C)(C)C. The van der Waals surface area contributed by atoms with Gasteiger partial charge in [0.15, 0.2) is 0 Å². The lowest BCUT2D eigenvalue weighted by Gasteiger charge is -2.34. The fourth-order valence-corrected chi connectivity index (χ4v) is 1.66. The van der Waals surface area contributed by atoms with Gasteiger partial charge in [-0.1, -0.05) is 20.8 Å². The van der Waals surface area contributed by atoms with Gasteiger partial charge in [0, 0.05) is 25.2 Å². The Morgan fingerprint density at radius 3 is 2.06 bits per heavy atom. The van der Waals surface area contributed by atoms with Crippen LogP contribution in [0.15, 0.2) is 0 Å². The minimum atomic E-state index is 0.172. The van der Waals surface area contributed by atoms with Crippen LogP contribution >= 0.6 is 0 Å². The Balaban J connectivity index is 4.11. The third-order valence-electron chi connectivity index (χ3n) is 2.61. The standard InChI is InChI=1S/C13H30N2O/c1-7-15(8-9-16)11-13(5,6)10-14-12(2,3)4/h14,16H,7-11H2,1-6H3. The van der Waals surface area contributed by atoms with E-state index in [-0.39, 0.29) is 17.6 Å². The summed E-state index contributed by atoms with van der Waals surface area (Å²) in [7, 11) is 0. The largest absolute Gasteiger partial charge is 0.395 e. The van der Waals surface area contributed by atoms with Crippen molar-refractivity contribution in [1.29, 1.82) is 0 Å². The summed E-state index contributed by atoms with van der Waals surface area (Å²) in [6.45, 7) is 17.3. The fourth-order valence-electron chi connectivity index (χ4n) is 1.66. The Bertz CT molecular complexity index is 185. The van der Waals surface area contributed by atoms with E-state index in [0.717, 1.165) is 26.2 Å². The zero-order valence-corrected chi connectivity index (χ0v) is 11.9. The molecule has 3 heteroatoms.